The summed E-state index contributed by atoms with van der Waals surface area (Å²) in [6.07, 6.45) is 11.1. The molecule has 1 fully saturated rings. The van der Waals surface area contributed by atoms with Crippen molar-refractivity contribution in [1.29, 1.82) is 5.26 Å². The topological polar surface area (TPSA) is 66.0 Å². The molecular weight excluding hydrogens is 366 g/mol. The minimum absolute atomic E-state index is 0.574. The van der Waals surface area contributed by atoms with E-state index in [2.05, 4.69) is 34.6 Å². The third kappa shape index (κ3) is 3.34. The SMILES string of the molecule is N#Cc1ccn2c(Cc3ccc4nc(NC5CCCCC5)sc4c3)cnc2c1. The van der Waals surface area contributed by atoms with Crippen LogP contribution < -0.4 is 5.32 Å². The van der Waals surface area contributed by atoms with Gasteiger partial charge in [0.15, 0.2) is 5.13 Å². The van der Waals surface area contributed by atoms with E-state index in [1.807, 2.05) is 28.9 Å². The summed E-state index contributed by atoms with van der Waals surface area (Å²) in [5.74, 6) is 0. The fraction of sp³-hybridized carbons (Fsp3) is 0.318. The lowest BCUT2D eigenvalue weighted by Crippen LogP contribution is -2.21. The van der Waals surface area contributed by atoms with Crippen molar-refractivity contribution >= 4 is 32.3 Å². The molecular formula is C22H21N5S. The number of aromatic nitrogens is 3. The molecule has 0 saturated heterocycles. The quantitative estimate of drug-likeness (QED) is 0.526. The number of benzene rings is 1. The predicted molar refractivity (Wildman–Crippen MR) is 113 cm³/mol. The smallest absolute Gasteiger partial charge is 0.184 e. The summed E-state index contributed by atoms with van der Waals surface area (Å²) in [4.78, 5) is 9.22. The second-order valence-corrected chi connectivity index (χ2v) is 8.51. The highest BCUT2D eigenvalue weighted by Crippen LogP contribution is 2.30. The van der Waals surface area contributed by atoms with E-state index < -0.39 is 0 Å². The molecule has 1 saturated carbocycles. The Morgan fingerprint density at radius 3 is 2.93 bits per heavy atom. The highest BCUT2D eigenvalue weighted by Gasteiger charge is 2.15. The average molecular weight is 388 g/mol. The van der Waals surface area contributed by atoms with Crippen molar-refractivity contribution in [3.8, 4) is 6.07 Å². The Kier molecular flexibility index (Phi) is 4.46. The van der Waals surface area contributed by atoms with Crippen LogP contribution in [0.4, 0.5) is 5.13 Å². The van der Waals surface area contributed by atoms with Crippen LogP contribution in [0.5, 0.6) is 0 Å². The molecule has 1 aromatic carbocycles. The summed E-state index contributed by atoms with van der Waals surface area (Å²) in [6, 6.07) is 12.9. The van der Waals surface area contributed by atoms with Crippen molar-refractivity contribution in [1.82, 2.24) is 14.4 Å². The molecule has 1 aliphatic carbocycles. The fourth-order valence-corrected chi connectivity index (χ4v) is 5.01. The molecule has 0 atom stereocenters. The molecule has 1 N–H and O–H groups in total. The zero-order valence-corrected chi connectivity index (χ0v) is 16.4. The lowest BCUT2D eigenvalue weighted by molar-refractivity contribution is 0.462. The number of pyridine rings is 1. The van der Waals surface area contributed by atoms with Gasteiger partial charge in [0.25, 0.3) is 0 Å². The van der Waals surface area contributed by atoms with E-state index in [1.54, 1.807) is 11.3 Å². The fourth-order valence-electron chi connectivity index (χ4n) is 4.00. The highest BCUT2D eigenvalue weighted by atomic mass is 32.1. The van der Waals surface area contributed by atoms with Gasteiger partial charge < -0.3 is 9.72 Å². The number of nitrogens with zero attached hydrogens (tertiary/aromatic N) is 4. The lowest BCUT2D eigenvalue weighted by atomic mass is 9.96. The summed E-state index contributed by atoms with van der Waals surface area (Å²) in [6.45, 7) is 0. The van der Waals surface area contributed by atoms with Gasteiger partial charge >= 0.3 is 0 Å². The second kappa shape index (κ2) is 7.25. The Hall–Kier alpha value is -2.91. The molecule has 5 rings (SSSR count). The first-order valence-electron chi connectivity index (χ1n) is 9.80. The number of imidazole rings is 1. The molecule has 3 aromatic heterocycles. The van der Waals surface area contributed by atoms with Crippen LogP contribution in [0.2, 0.25) is 0 Å². The minimum Gasteiger partial charge on any atom is -0.359 e. The van der Waals surface area contributed by atoms with Gasteiger partial charge in [0, 0.05) is 30.6 Å². The van der Waals surface area contributed by atoms with Crippen LogP contribution in [0.1, 0.15) is 48.9 Å². The summed E-state index contributed by atoms with van der Waals surface area (Å²) >= 11 is 1.75. The average Bonchev–Trinajstić information content (AvgIpc) is 3.31. The van der Waals surface area contributed by atoms with Crippen LogP contribution in [-0.4, -0.2) is 20.4 Å². The summed E-state index contributed by atoms with van der Waals surface area (Å²) in [7, 11) is 0. The molecule has 28 heavy (non-hydrogen) atoms. The summed E-state index contributed by atoms with van der Waals surface area (Å²) in [5.41, 5.74) is 4.86. The van der Waals surface area contributed by atoms with Gasteiger partial charge in [-0.3, -0.25) is 0 Å². The van der Waals surface area contributed by atoms with Crippen LogP contribution in [0.25, 0.3) is 15.9 Å². The van der Waals surface area contributed by atoms with E-state index in [1.165, 1.54) is 42.4 Å². The lowest BCUT2D eigenvalue weighted by Gasteiger charge is -2.22. The molecule has 0 radical (unpaired) electrons. The molecule has 0 amide bonds. The van der Waals surface area contributed by atoms with Crippen molar-refractivity contribution < 1.29 is 0 Å². The van der Waals surface area contributed by atoms with Crippen LogP contribution in [0.3, 0.4) is 0 Å². The molecule has 0 unspecified atom stereocenters. The number of nitriles is 1. The number of hydrogen-bond donors (Lipinski definition) is 1. The maximum absolute atomic E-state index is 9.05. The van der Waals surface area contributed by atoms with Crippen LogP contribution >= 0.6 is 11.3 Å². The molecule has 140 valence electrons. The van der Waals surface area contributed by atoms with Crippen LogP contribution in [-0.2, 0) is 6.42 Å². The van der Waals surface area contributed by atoms with Gasteiger partial charge in [0.2, 0.25) is 0 Å². The Labute approximate surface area is 167 Å². The van der Waals surface area contributed by atoms with E-state index in [4.69, 9.17) is 10.2 Å². The maximum atomic E-state index is 9.05. The van der Waals surface area contributed by atoms with E-state index in [9.17, 15) is 0 Å². The highest BCUT2D eigenvalue weighted by molar-refractivity contribution is 7.22. The largest absolute Gasteiger partial charge is 0.359 e. The van der Waals surface area contributed by atoms with Gasteiger partial charge in [0.1, 0.15) is 5.65 Å². The number of nitrogens with one attached hydrogen (secondary N) is 1. The Balaban J connectivity index is 1.38. The van der Waals surface area contributed by atoms with Crippen molar-refractivity contribution in [2.45, 2.75) is 44.6 Å². The molecule has 3 heterocycles. The van der Waals surface area contributed by atoms with E-state index in [0.717, 1.165) is 28.4 Å². The third-order valence-electron chi connectivity index (χ3n) is 5.49. The van der Waals surface area contributed by atoms with Crippen molar-refractivity contribution in [3.05, 3.63) is 59.5 Å². The molecule has 4 aromatic rings. The molecule has 5 nitrogen and oxygen atoms in total. The minimum atomic E-state index is 0.574. The number of anilines is 1. The molecule has 0 aliphatic heterocycles. The molecule has 0 bridgehead atoms. The monoisotopic (exact) mass is 387 g/mol. The van der Waals surface area contributed by atoms with E-state index >= 15 is 0 Å². The third-order valence-corrected chi connectivity index (χ3v) is 6.44. The zero-order valence-electron chi connectivity index (χ0n) is 15.6. The van der Waals surface area contributed by atoms with Gasteiger partial charge in [-0.15, -0.1) is 0 Å². The number of rotatable bonds is 4. The van der Waals surface area contributed by atoms with Crippen molar-refractivity contribution in [2.24, 2.45) is 0 Å². The van der Waals surface area contributed by atoms with Gasteiger partial charge in [-0.05, 0) is 42.7 Å². The molecule has 0 spiro atoms. The maximum Gasteiger partial charge on any atom is 0.184 e. The Morgan fingerprint density at radius 1 is 1.18 bits per heavy atom. The van der Waals surface area contributed by atoms with Gasteiger partial charge in [-0.1, -0.05) is 36.7 Å². The summed E-state index contributed by atoms with van der Waals surface area (Å²) in [5, 5.41) is 13.7. The standard InChI is InChI=1S/C22H21N5S/c23-13-16-8-9-27-18(14-24-21(27)12-16)10-15-6-7-19-20(11-15)28-22(26-19)25-17-4-2-1-3-5-17/h6-9,11-12,14,17H,1-5,10H2,(H,25,26). The first-order chi connectivity index (χ1) is 13.8. The number of hydrogen-bond acceptors (Lipinski definition) is 5. The first-order valence-corrected chi connectivity index (χ1v) is 10.6. The zero-order chi connectivity index (χ0) is 18.9. The van der Waals surface area contributed by atoms with Gasteiger partial charge in [-0.2, -0.15) is 5.26 Å². The van der Waals surface area contributed by atoms with Crippen LogP contribution in [0.15, 0.2) is 42.7 Å². The van der Waals surface area contributed by atoms with Gasteiger partial charge in [-0.25, -0.2) is 9.97 Å². The van der Waals surface area contributed by atoms with Crippen molar-refractivity contribution in [3.63, 3.8) is 0 Å². The predicted octanol–water partition coefficient (Wildman–Crippen LogP) is 5.15. The molecule has 1 aliphatic rings. The van der Waals surface area contributed by atoms with E-state index in [-0.39, 0.29) is 0 Å². The van der Waals surface area contributed by atoms with Crippen molar-refractivity contribution in [2.75, 3.05) is 5.32 Å². The number of thiazole rings is 1. The summed E-state index contributed by atoms with van der Waals surface area (Å²) < 4.78 is 3.27. The van der Waals surface area contributed by atoms with E-state index in [0.29, 0.717) is 11.6 Å². The normalized spacial score (nSPS) is 15.1. The van der Waals surface area contributed by atoms with Gasteiger partial charge in [0.05, 0.1) is 21.8 Å². The molecule has 6 heteroatoms. The van der Waals surface area contributed by atoms with Crippen LogP contribution in [0, 0.1) is 11.3 Å². The Morgan fingerprint density at radius 2 is 2.07 bits per heavy atom. The first kappa shape index (κ1) is 17.2. The number of fused-ring (bicyclic) bond motifs is 2. The second-order valence-electron chi connectivity index (χ2n) is 7.48. The Bertz CT molecular complexity index is 1180.